The molecule has 0 fully saturated rings. The number of unbranched alkanes of at least 4 members (excludes halogenated alkanes) is 1. The van der Waals surface area contributed by atoms with Gasteiger partial charge in [-0.2, -0.15) is 4.98 Å². The zero-order valence-electron chi connectivity index (χ0n) is 12.9. The van der Waals surface area contributed by atoms with Crippen LogP contribution in [-0.2, 0) is 0 Å². The normalized spacial score (nSPS) is 9.96. The van der Waals surface area contributed by atoms with E-state index in [1.165, 1.54) is 0 Å². The van der Waals surface area contributed by atoms with Gasteiger partial charge in [0.15, 0.2) is 6.61 Å². The Labute approximate surface area is 144 Å². The van der Waals surface area contributed by atoms with Crippen LogP contribution in [0.15, 0.2) is 34.9 Å². The van der Waals surface area contributed by atoms with Crippen LogP contribution < -0.4 is 14.8 Å². The molecule has 0 aliphatic heterocycles. The number of hydrogen-bond donors (Lipinski definition) is 1. The first kappa shape index (κ1) is 17.1. The number of rotatable bonds is 8. The minimum atomic E-state index is 0.149. The molecule has 1 N–H and O–H groups in total. The lowest BCUT2D eigenvalue weighted by atomic mass is 10.3. The Kier molecular flexibility index (Phi) is 6.70. The van der Waals surface area contributed by atoms with E-state index in [9.17, 15) is 0 Å². The molecular weight excluding hydrogens is 358 g/mol. The molecule has 23 heavy (non-hydrogen) atoms. The molecule has 0 aliphatic carbocycles. The molecule has 0 spiro atoms. The summed E-state index contributed by atoms with van der Waals surface area (Å²) in [6, 6.07) is 7.66. The highest BCUT2D eigenvalue weighted by molar-refractivity contribution is 9.10. The highest BCUT2D eigenvalue weighted by Crippen LogP contribution is 2.25. The standard InChI is InChI=1S/C17H18BrN3O2/c1-3-5-10-22-14-8-6-7-13(11-14)20-17-19-12-15(18)16(21-17)23-9-4-2/h2,6-8,11-12H,3,5,9-10H2,1H3,(H,19,20,21). The Hall–Kier alpha value is -2.26. The predicted molar refractivity (Wildman–Crippen MR) is 94.2 cm³/mol. The van der Waals surface area contributed by atoms with Crippen LogP contribution in [0.2, 0.25) is 0 Å². The van der Waals surface area contributed by atoms with E-state index in [1.54, 1.807) is 6.20 Å². The molecular formula is C17H18BrN3O2. The fraction of sp³-hybridized carbons (Fsp3) is 0.294. The van der Waals surface area contributed by atoms with Gasteiger partial charge in [0.1, 0.15) is 5.75 Å². The number of benzene rings is 1. The van der Waals surface area contributed by atoms with Crippen molar-refractivity contribution in [3.05, 3.63) is 34.9 Å². The van der Waals surface area contributed by atoms with E-state index in [1.807, 2.05) is 24.3 Å². The summed E-state index contributed by atoms with van der Waals surface area (Å²) in [6.45, 7) is 2.99. The summed E-state index contributed by atoms with van der Waals surface area (Å²) in [4.78, 5) is 8.49. The van der Waals surface area contributed by atoms with Crippen LogP contribution in [0.25, 0.3) is 0 Å². The van der Waals surface area contributed by atoms with E-state index in [2.05, 4.69) is 44.1 Å². The highest BCUT2D eigenvalue weighted by atomic mass is 79.9. The molecule has 5 nitrogen and oxygen atoms in total. The lowest BCUT2D eigenvalue weighted by Crippen LogP contribution is -2.02. The second-order valence-corrected chi connectivity index (χ2v) is 5.55. The summed E-state index contributed by atoms with van der Waals surface area (Å²) in [5.41, 5.74) is 0.837. The van der Waals surface area contributed by atoms with E-state index in [4.69, 9.17) is 15.9 Å². The maximum Gasteiger partial charge on any atom is 0.233 e. The Morgan fingerprint density at radius 2 is 2.22 bits per heavy atom. The molecule has 6 heteroatoms. The molecule has 0 amide bonds. The summed E-state index contributed by atoms with van der Waals surface area (Å²) >= 11 is 3.33. The lowest BCUT2D eigenvalue weighted by Gasteiger charge is -2.10. The number of nitrogens with one attached hydrogen (secondary N) is 1. The average Bonchev–Trinajstić information content (AvgIpc) is 2.56. The quantitative estimate of drug-likeness (QED) is 0.554. The number of nitrogens with zero attached hydrogens (tertiary/aromatic N) is 2. The molecule has 0 unspecified atom stereocenters. The first-order valence-electron chi connectivity index (χ1n) is 7.31. The zero-order valence-corrected chi connectivity index (χ0v) is 14.5. The van der Waals surface area contributed by atoms with E-state index in [0.717, 1.165) is 24.3 Å². The number of anilines is 2. The minimum absolute atomic E-state index is 0.149. The molecule has 1 aromatic carbocycles. The number of terminal acetylenes is 1. The van der Waals surface area contributed by atoms with Crippen LogP contribution in [0.4, 0.5) is 11.6 Å². The average molecular weight is 376 g/mol. The number of hydrogen-bond acceptors (Lipinski definition) is 5. The van der Waals surface area contributed by atoms with Gasteiger partial charge >= 0.3 is 0 Å². The summed E-state index contributed by atoms with van der Waals surface area (Å²) in [7, 11) is 0. The fourth-order valence-electron chi connectivity index (χ4n) is 1.75. The van der Waals surface area contributed by atoms with Gasteiger partial charge in [-0.3, -0.25) is 0 Å². The summed E-state index contributed by atoms with van der Waals surface area (Å²) < 4.78 is 11.7. The Balaban J connectivity index is 2.06. The number of ether oxygens (including phenoxy) is 2. The van der Waals surface area contributed by atoms with Gasteiger partial charge in [-0.1, -0.05) is 25.3 Å². The van der Waals surface area contributed by atoms with Crippen LogP contribution in [-0.4, -0.2) is 23.2 Å². The molecule has 1 heterocycles. The van der Waals surface area contributed by atoms with E-state index < -0.39 is 0 Å². The van der Waals surface area contributed by atoms with Crippen LogP contribution in [0.1, 0.15) is 19.8 Å². The van der Waals surface area contributed by atoms with E-state index >= 15 is 0 Å². The maximum absolute atomic E-state index is 5.69. The van der Waals surface area contributed by atoms with Gasteiger partial charge in [-0.25, -0.2) is 4.98 Å². The zero-order chi connectivity index (χ0) is 16.5. The lowest BCUT2D eigenvalue weighted by molar-refractivity contribution is 0.309. The second-order valence-electron chi connectivity index (χ2n) is 4.69. The first-order chi connectivity index (χ1) is 11.2. The largest absolute Gasteiger partial charge is 0.494 e. The number of halogens is 1. The van der Waals surface area contributed by atoms with Crippen molar-refractivity contribution in [2.45, 2.75) is 19.8 Å². The second kappa shape index (κ2) is 9.01. The molecule has 0 atom stereocenters. The van der Waals surface area contributed by atoms with Crippen molar-refractivity contribution in [2.75, 3.05) is 18.5 Å². The van der Waals surface area contributed by atoms with Crippen molar-refractivity contribution in [3.8, 4) is 24.0 Å². The Bertz CT molecular complexity index is 686. The Morgan fingerprint density at radius 1 is 1.35 bits per heavy atom. The molecule has 0 saturated carbocycles. The van der Waals surface area contributed by atoms with Gasteiger partial charge in [-0.05, 0) is 34.5 Å². The van der Waals surface area contributed by atoms with Gasteiger partial charge < -0.3 is 14.8 Å². The highest BCUT2D eigenvalue weighted by Gasteiger charge is 2.07. The van der Waals surface area contributed by atoms with Crippen molar-refractivity contribution in [1.29, 1.82) is 0 Å². The molecule has 0 saturated heterocycles. The van der Waals surface area contributed by atoms with Crippen LogP contribution in [0.5, 0.6) is 11.6 Å². The monoisotopic (exact) mass is 375 g/mol. The fourth-order valence-corrected chi connectivity index (χ4v) is 2.06. The van der Waals surface area contributed by atoms with Crippen LogP contribution in [0, 0.1) is 12.3 Å². The first-order valence-corrected chi connectivity index (χ1v) is 8.11. The van der Waals surface area contributed by atoms with E-state index in [0.29, 0.717) is 22.9 Å². The molecule has 2 aromatic rings. The van der Waals surface area contributed by atoms with Gasteiger partial charge in [0.05, 0.1) is 17.3 Å². The Morgan fingerprint density at radius 3 is 3.00 bits per heavy atom. The van der Waals surface area contributed by atoms with Crippen molar-refractivity contribution in [3.63, 3.8) is 0 Å². The predicted octanol–water partition coefficient (Wildman–Crippen LogP) is 4.17. The molecule has 0 radical (unpaired) electrons. The SMILES string of the molecule is C#CCOc1nc(Nc2cccc(OCCCC)c2)ncc1Br. The van der Waals surface area contributed by atoms with Gasteiger partial charge in [0, 0.05) is 11.8 Å². The smallest absolute Gasteiger partial charge is 0.233 e. The third-order valence-corrected chi connectivity index (χ3v) is 3.40. The van der Waals surface area contributed by atoms with Gasteiger partial charge in [0.2, 0.25) is 11.8 Å². The summed E-state index contributed by atoms with van der Waals surface area (Å²) in [5, 5.41) is 3.12. The van der Waals surface area contributed by atoms with E-state index in [-0.39, 0.29) is 6.61 Å². The molecule has 120 valence electrons. The summed E-state index contributed by atoms with van der Waals surface area (Å²) in [5.74, 6) is 4.03. The summed E-state index contributed by atoms with van der Waals surface area (Å²) in [6.07, 6.45) is 8.94. The topological polar surface area (TPSA) is 56.3 Å². The van der Waals surface area contributed by atoms with Crippen molar-refractivity contribution in [2.24, 2.45) is 0 Å². The number of aromatic nitrogens is 2. The van der Waals surface area contributed by atoms with Crippen molar-refractivity contribution in [1.82, 2.24) is 9.97 Å². The third-order valence-electron chi connectivity index (χ3n) is 2.86. The molecule has 2 rings (SSSR count). The van der Waals surface area contributed by atoms with Gasteiger partial charge in [-0.15, -0.1) is 6.42 Å². The maximum atomic E-state index is 5.69. The molecule has 0 aliphatic rings. The van der Waals surface area contributed by atoms with Crippen molar-refractivity contribution >= 4 is 27.6 Å². The van der Waals surface area contributed by atoms with Crippen LogP contribution >= 0.6 is 15.9 Å². The van der Waals surface area contributed by atoms with Crippen LogP contribution in [0.3, 0.4) is 0 Å². The van der Waals surface area contributed by atoms with Crippen molar-refractivity contribution < 1.29 is 9.47 Å². The molecule has 0 bridgehead atoms. The van der Waals surface area contributed by atoms with Gasteiger partial charge in [0.25, 0.3) is 0 Å². The molecule has 1 aromatic heterocycles. The minimum Gasteiger partial charge on any atom is -0.494 e. The third kappa shape index (κ3) is 5.46.